The van der Waals surface area contributed by atoms with Gasteiger partial charge in [-0.1, -0.05) is 18.5 Å². The van der Waals surface area contributed by atoms with Gasteiger partial charge in [-0.15, -0.1) is 0 Å². The predicted octanol–water partition coefficient (Wildman–Crippen LogP) is 2.10. The quantitative estimate of drug-likeness (QED) is 0.848. The Morgan fingerprint density at radius 3 is 2.94 bits per heavy atom. The van der Waals surface area contributed by atoms with E-state index in [0.29, 0.717) is 18.6 Å². The highest BCUT2D eigenvalue weighted by Gasteiger charge is 2.41. The van der Waals surface area contributed by atoms with Crippen molar-refractivity contribution in [3.63, 3.8) is 0 Å². The van der Waals surface area contributed by atoms with E-state index in [1.54, 1.807) is 13.3 Å². The Kier molecular flexibility index (Phi) is 4.07. The second-order valence-electron chi connectivity index (χ2n) is 4.74. The fourth-order valence-corrected chi connectivity index (χ4v) is 2.66. The van der Waals surface area contributed by atoms with Gasteiger partial charge in [0.1, 0.15) is 0 Å². The predicted molar refractivity (Wildman–Crippen MR) is 68.2 cm³/mol. The van der Waals surface area contributed by atoms with Crippen LogP contribution in [-0.4, -0.2) is 30.5 Å². The van der Waals surface area contributed by atoms with Crippen molar-refractivity contribution < 1.29 is 4.74 Å². The lowest BCUT2D eigenvalue weighted by atomic mass is 10.1. The standard InChI is InChI=1S/C12H20ClN3O/c1-8-6-9(8)11(14-2)12-10(13)7-15-16(12)4-5-17-3/h7-9,11,14H,4-6H2,1-3H3. The summed E-state index contributed by atoms with van der Waals surface area (Å²) in [5.41, 5.74) is 1.10. The minimum Gasteiger partial charge on any atom is -0.383 e. The van der Waals surface area contributed by atoms with Crippen LogP contribution in [0.4, 0.5) is 0 Å². The average molecular weight is 258 g/mol. The summed E-state index contributed by atoms with van der Waals surface area (Å²) in [4.78, 5) is 0. The van der Waals surface area contributed by atoms with Crippen molar-refractivity contribution >= 4 is 11.6 Å². The molecule has 96 valence electrons. The highest BCUT2D eigenvalue weighted by molar-refractivity contribution is 6.31. The average Bonchev–Trinajstić information content (AvgIpc) is 2.92. The van der Waals surface area contributed by atoms with E-state index in [1.165, 1.54) is 6.42 Å². The number of methoxy groups -OCH3 is 1. The van der Waals surface area contributed by atoms with Crippen molar-refractivity contribution in [2.45, 2.75) is 25.9 Å². The van der Waals surface area contributed by atoms with Gasteiger partial charge < -0.3 is 10.1 Å². The molecule has 0 aliphatic heterocycles. The van der Waals surface area contributed by atoms with Gasteiger partial charge in [0.25, 0.3) is 0 Å². The maximum absolute atomic E-state index is 6.25. The Morgan fingerprint density at radius 2 is 2.41 bits per heavy atom. The third-order valence-electron chi connectivity index (χ3n) is 3.55. The second kappa shape index (κ2) is 5.38. The maximum Gasteiger partial charge on any atom is 0.0834 e. The lowest BCUT2D eigenvalue weighted by Gasteiger charge is -2.18. The number of hydrogen-bond donors (Lipinski definition) is 1. The summed E-state index contributed by atoms with van der Waals surface area (Å²) in [5, 5.41) is 8.44. The molecule has 0 spiro atoms. The third-order valence-corrected chi connectivity index (χ3v) is 3.84. The minimum atomic E-state index is 0.303. The summed E-state index contributed by atoms with van der Waals surface area (Å²) < 4.78 is 7.05. The minimum absolute atomic E-state index is 0.303. The molecule has 1 fully saturated rings. The molecule has 1 aliphatic carbocycles. The number of hydrogen-bond acceptors (Lipinski definition) is 3. The zero-order valence-electron chi connectivity index (χ0n) is 10.6. The first kappa shape index (κ1) is 12.9. The monoisotopic (exact) mass is 257 g/mol. The molecular formula is C12H20ClN3O. The zero-order valence-corrected chi connectivity index (χ0v) is 11.4. The van der Waals surface area contributed by atoms with Gasteiger partial charge in [0.2, 0.25) is 0 Å². The van der Waals surface area contributed by atoms with E-state index in [-0.39, 0.29) is 0 Å². The molecule has 0 bridgehead atoms. The van der Waals surface area contributed by atoms with Crippen LogP contribution in [-0.2, 0) is 11.3 Å². The van der Waals surface area contributed by atoms with Gasteiger partial charge in [0, 0.05) is 7.11 Å². The molecule has 0 radical (unpaired) electrons. The number of nitrogens with one attached hydrogen (secondary N) is 1. The van der Waals surface area contributed by atoms with Crippen LogP contribution in [0.2, 0.25) is 5.02 Å². The van der Waals surface area contributed by atoms with Crippen LogP contribution in [0.1, 0.15) is 25.1 Å². The molecule has 17 heavy (non-hydrogen) atoms. The molecule has 0 aromatic carbocycles. The van der Waals surface area contributed by atoms with Gasteiger partial charge in [-0.05, 0) is 25.3 Å². The molecule has 1 aromatic heterocycles. The Morgan fingerprint density at radius 1 is 1.71 bits per heavy atom. The first-order valence-electron chi connectivity index (χ1n) is 6.06. The van der Waals surface area contributed by atoms with Crippen molar-refractivity contribution in [1.29, 1.82) is 0 Å². The first-order valence-corrected chi connectivity index (χ1v) is 6.44. The normalized spacial score (nSPS) is 24.9. The van der Waals surface area contributed by atoms with Gasteiger partial charge in [-0.2, -0.15) is 5.10 Å². The Balaban J connectivity index is 2.19. The number of halogens is 1. The molecule has 0 saturated heterocycles. The first-order chi connectivity index (χ1) is 8.19. The van der Waals surface area contributed by atoms with Crippen LogP contribution < -0.4 is 5.32 Å². The number of aromatic nitrogens is 2. The molecule has 2 rings (SSSR count). The molecule has 1 aromatic rings. The lowest BCUT2D eigenvalue weighted by Crippen LogP contribution is -2.24. The molecule has 3 unspecified atom stereocenters. The number of rotatable bonds is 6. The number of ether oxygens (including phenoxy) is 1. The summed E-state index contributed by atoms with van der Waals surface area (Å²) in [5.74, 6) is 1.45. The molecule has 4 nitrogen and oxygen atoms in total. The van der Waals surface area contributed by atoms with Crippen molar-refractivity contribution in [1.82, 2.24) is 15.1 Å². The smallest absolute Gasteiger partial charge is 0.0834 e. The van der Waals surface area contributed by atoms with Gasteiger partial charge in [-0.3, -0.25) is 4.68 Å². The summed E-state index contributed by atoms with van der Waals surface area (Å²) in [6.07, 6.45) is 2.99. The molecule has 3 atom stereocenters. The Bertz CT molecular complexity index is 380. The van der Waals surface area contributed by atoms with Gasteiger partial charge in [-0.25, -0.2) is 0 Å². The fourth-order valence-electron chi connectivity index (χ4n) is 2.41. The van der Waals surface area contributed by atoms with Crippen LogP contribution in [0.25, 0.3) is 0 Å². The highest BCUT2D eigenvalue weighted by Crippen LogP contribution is 2.47. The molecule has 1 heterocycles. The Labute approximate surface area is 107 Å². The molecule has 5 heteroatoms. The largest absolute Gasteiger partial charge is 0.383 e. The van der Waals surface area contributed by atoms with Crippen molar-refractivity contribution in [2.24, 2.45) is 11.8 Å². The van der Waals surface area contributed by atoms with Crippen molar-refractivity contribution in [2.75, 3.05) is 20.8 Å². The summed E-state index contributed by atoms with van der Waals surface area (Å²) in [6.45, 7) is 3.68. The molecule has 1 saturated carbocycles. The number of nitrogens with zero attached hydrogens (tertiary/aromatic N) is 2. The van der Waals surface area contributed by atoms with E-state index in [4.69, 9.17) is 16.3 Å². The van der Waals surface area contributed by atoms with E-state index >= 15 is 0 Å². The summed E-state index contributed by atoms with van der Waals surface area (Å²) in [6, 6.07) is 0.303. The van der Waals surface area contributed by atoms with E-state index < -0.39 is 0 Å². The maximum atomic E-state index is 6.25. The Hall–Kier alpha value is -0.580. The summed E-state index contributed by atoms with van der Waals surface area (Å²) >= 11 is 6.25. The van der Waals surface area contributed by atoms with E-state index in [1.807, 2.05) is 11.7 Å². The van der Waals surface area contributed by atoms with E-state index in [0.717, 1.165) is 23.2 Å². The van der Waals surface area contributed by atoms with Crippen molar-refractivity contribution in [3.8, 4) is 0 Å². The summed E-state index contributed by atoms with van der Waals surface area (Å²) in [7, 11) is 3.68. The van der Waals surface area contributed by atoms with Crippen LogP contribution >= 0.6 is 11.6 Å². The second-order valence-corrected chi connectivity index (χ2v) is 5.14. The molecule has 0 amide bonds. The van der Waals surface area contributed by atoms with Gasteiger partial charge >= 0.3 is 0 Å². The van der Waals surface area contributed by atoms with E-state index in [9.17, 15) is 0 Å². The molecular weight excluding hydrogens is 238 g/mol. The van der Waals surface area contributed by atoms with Crippen molar-refractivity contribution in [3.05, 3.63) is 16.9 Å². The zero-order chi connectivity index (χ0) is 12.4. The highest BCUT2D eigenvalue weighted by atomic mass is 35.5. The van der Waals surface area contributed by atoms with Gasteiger partial charge in [0.05, 0.1) is 36.1 Å². The molecule has 1 N–H and O–H groups in total. The SMILES string of the molecule is CNC(c1c(Cl)cnn1CCOC)C1CC1C. The van der Waals surface area contributed by atoms with Crippen LogP contribution in [0, 0.1) is 11.8 Å². The molecule has 1 aliphatic rings. The lowest BCUT2D eigenvalue weighted by molar-refractivity contribution is 0.181. The van der Waals surface area contributed by atoms with Crippen LogP contribution in [0.15, 0.2) is 6.20 Å². The van der Waals surface area contributed by atoms with Crippen LogP contribution in [0.3, 0.4) is 0 Å². The fraction of sp³-hybridized carbons (Fsp3) is 0.750. The topological polar surface area (TPSA) is 39.1 Å². The van der Waals surface area contributed by atoms with Crippen LogP contribution in [0.5, 0.6) is 0 Å². The van der Waals surface area contributed by atoms with E-state index in [2.05, 4.69) is 17.3 Å². The third kappa shape index (κ3) is 2.64. The van der Waals surface area contributed by atoms with Gasteiger partial charge in [0.15, 0.2) is 0 Å².